The highest BCUT2D eigenvalue weighted by Crippen LogP contribution is 2.14. The molecule has 3 heteroatoms. The van der Waals surface area contributed by atoms with Crippen LogP contribution in [0, 0.1) is 0 Å². The maximum absolute atomic E-state index is 5.78. The first kappa shape index (κ1) is 15.9. The largest absolute Gasteiger partial charge is 0.412 e. The van der Waals surface area contributed by atoms with E-state index in [0.29, 0.717) is 12.2 Å². The molecule has 1 aliphatic rings. The molecule has 0 saturated carbocycles. The summed E-state index contributed by atoms with van der Waals surface area (Å²) in [6.07, 6.45) is 9.71. The monoisotopic (exact) mass is 232 g/mol. The van der Waals surface area contributed by atoms with Gasteiger partial charge in [0.1, 0.15) is 0 Å². The van der Waals surface area contributed by atoms with E-state index < -0.39 is 0 Å². The van der Waals surface area contributed by atoms with Crippen molar-refractivity contribution in [3.63, 3.8) is 0 Å². The summed E-state index contributed by atoms with van der Waals surface area (Å²) in [5.41, 5.74) is 0. The van der Waals surface area contributed by atoms with Crippen LogP contribution in [0.2, 0.25) is 0 Å². The molecule has 1 saturated heterocycles. The molecule has 3 nitrogen and oxygen atoms in total. The van der Waals surface area contributed by atoms with Gasteiger partial charge in [0.05, 0.1) is 18.8 Å². The van der Waals surface area contributed by atoms with Gasteiger partial charge >= 0.3 is 0 Å². The highest BCUT2D eigenvalue weighted by atomic mass is 16.5. The van der Waals surface area contributed by atoms with Gasteiger partial charge in [-0.15, -0.1) is 0 Å². The predicted molar refractivity (Wildman–Crippen MR) is 66.8 cm³/mol. The second kappa shape index (κ2) is 10.1. The minimum Gasteiger partial charge on any atom is -0.412 e. The van der Waals surface area contributed by atoms with E-state index in [0.717, 1.165) is 13.2 Å². The number of hydrogen-bond donors (Lipinski definition) is 0. The van der Waals surface area contributed by atoms with E-state index in [1.54, 1.807) is 0 Å². The summed E-state index contributed by atoms with van der Waals surface area (Å²) in [4.78, 5) is 0. The Morgan fingerprint density at radius 3 is 2.75 bits per heavy atom. The van der Waals surface area contributed by atoms with Crippen molar-refractivity contribution in [1.82, 2.24) is 0 Å². The predicted octanol–water partition coefficient (Wildman–Crippen LogP) is 2.72. The van der Waals surface area contributed by atoms with Crippen molar-refractivity contribution in [1.29, 1.82) is 0 Å². The van der Waals surface area contributed by atoms with Crippen molar-refractivity contribution >= 4 is 0 Å². The fraction of sp³-hybridized carbons (Fsp3) is 1.00. The molecule has 1 rings (SSSR count). The SMILES string of the molecule is CCCCCCC(C)OCC1CCCO1.O. The highest BCUT2D eigenvalue weighted by Gasteiger charge is 2.16. The normalized spacial score (nSPS) is 21.8. The van der Waals surface area contributed by atoms with Gasteiger partial charge in [0.15, 0.2) is 0 Å². The van der Waals surface area contributed by atoms with E-state index in [1.165, 1.54) is 44.9 Å². The van der Waals surface area contributed by atoms with E-state index in [9.17, 15) is 0 Å². The zero-order valence-electron chi connectivity index (χ0n) is 10.8. The first-order chi connectivity index (χ1) is 7.33. The standard InChI is InChI=1S/C13H26O2.H2O/c1-3-4-5-6-8-12(2)15-11-13-9-7-10-14-13;/h12-13H,3-11H2,1-2H3;1H2. The molecular formula is C13H28O3. The van der Waals surface area contributed by atoms with Crippen LogP contribution in [0.1, 0.15) is 58.8 Å². The van der Waals surface area contributed by atoms with Crippen LogP contribution in [0.5, 0.6) is 0 Å². The first-order valence-corrected chi connectivity index (χ1v) is 6.56. The van der Waals surface area contributed by atoms with Gasteiger partial charge in [-0.25, -0.2) is 0 Å². The van der Waals surface area contributed by atoms with E-state index in [-0.39, 0.29) is 5.48 Å². The van der Waals surface area contributed by atoms with E-state index in [4.69, 9.17) is 9.47 Å². The maximum atomic E-state index is 5.78. The van der Waals surface area contributed by atoms with Crippen molar-refractivity contribution in [3.05, 3.63) is 0 Å². The molecule has 0 amide bonds. The van der Waals surface area contributed by atoms with E-state index >= 15 is 0 Å². The Kier molecular flexibility index (Phi) is 9.99. The lowest BCUT2D eigenvalue weighted by molar-refractivity contribution is -0.0170. The molecular weight excluding hydrogens is 204 g/mol. The molecule has 0 aromatic carbocycles. The van der Waals surface area contributed by atoms with Crippen LogP contribution in [-0.2, 0) is 9.47 Å². The summed E-state index contributed by atoms with van der Waals surface area (Å²) in [5, 5.41) is 0. The topological polar surface area (TPSA) is 50.0 Å². The van der Waals surface area contributed by atoms with Crippen LogP contribution < -0.4 is 0 Å². The molecule has 1 fully saturated rings. The van der Waals surface area contributed by atoms with Gasteiger partial charge in [0.2, 0.25) is 0 Å². The summed E-state index contributed by atoms with van der Waals surface area (Å²) < 4.78 is 11.3. The summed E-state index contributed by atoms with van der Waals surface area (Å²) >= 11 is 0. The Balaban J connectivity index is 0.00000225. The van der Waals surface area contributed by atoms with Crippen molar-refractivity contribution in [3.8, 4) is 0 Å². The maximum Gasteiger partial charge on any atom is 0.0809 e. The first-order valence-electron chi connectivity index (χ1n) is 6.56. The van der Waals surface area contributed by atoms with E-state index in [1.807, 2.05) is 0 Å². The Hall–Kier alpha value is -0.120. The van der Waals surface area contributed by atoms with Gasteiger partial charge in [-0.3, -0.25) is 0 Å². The van der Waals surface area contributed by atoms with Crippen LogP contribution in [0.3, 0.4) is 0 Å². The summed E-state index contributed by atoms with van der Waals surface area (Å²) in [6.45, 7) is 6.16. The fourth-order valence-corrected chi connectivity index (χ4v) is 1.99. The molecule has 0 spiro atoms. The lowest BCUT2D eigenvalue weighted by atomic mass is 10.1. The Morgan fingerprint density at radius 2 is 2.12 bits per heavy atom. The molecule has 98 valence electrons. The van der Waals surface area contributed by atoms with Crippen LogP contribution in [0.15, 0.2) is 0 Å². The molecule has 2 unspecified atom stereocenters. The number of unbranched alkanes of at least 4 members (excludes halogenated alkanes) is 3. The third-order valence-corrected chi connectivity index (χ3v) is 3.05. The number of rotatable bonds is 8. The van der Waals surface area contributed by atoms with Crippen LogP contribution >= 0.6 is 0 Å². The number of ether oxygens (including phenoxy) is 2. The molecule has 0 bridgehead atoms. The van der Waals surface area contributed by atoms with Gasteiger partial charge < -0.3 is 14.9 Å². The molecule has 0 aliphatic carbocycles. The van der Waals surface area contributed by atoms with Crippen LogP contribution in [-0.4, -0.2) is 30.9 Å². The zero-order valence-corrected chi connectivity index (χ0v) is 10.8. The molecule has 1 heterocycles. The third-order valence-electron chi connectivity index (χ3n) is 3.05. The lowest BCUT2D eigenvalue weighted by Gasteiger charge is -2.16. The molecule has 0 radical (unpaired) electrons. The smallest absolute Gasteiger partial charge is 0.0809 e. The third kappa shape index (κ3) is 7.20. The minimum absolute atomic E-state index is 0. The highest BCUT2D eigenvalue weighted by molar-refractivity contribution is 4.64. The van der Waals surface area contributed by atoms with Gasteiger partial charge in [0.25, 0.3) is 0 Å². The van der Waals surface area contributed by atoms with Crippen LogP contribution in [0.25, 0.3) is 0 Å². The summed E-state index contributed by atoms with van der Waals surface area (Å²) in [6, 6.07) is 0. The second-order valence-corrected chi connectivity index (χ2v) is 4.63. The molecule has 2 N–H and O–H groups in total. The Bertz CT molecular complexity index is 144. The van der Waals surface area contributed by atoms with Crippen molar-refractivity contribution in [2.45, 2.75) is 71.0 Å². The van der Waals surface area contributed by atoms with Crippen molar-refractivity contribution < 1.29 is 14.9 Å². The van der Waals surface area contributed by atoms with Gasteiger partial charge in [-0.2, -0.15) is 0 Å². The quantitative estimate of drug-likeness (QED) is 0.604. The zero-order chi connectivity index (χ0) is 10.9. The lowest BCUT2D eigenvalue weighted by Crippen LogP contribution is -2.19. The average Bonchev–Trinajstić information content (AvgIpc) is 2.74. The van der Waals surface area contributed by atoms with Gasteiger partial charge in [-0.05, 0) is 26.2 Å². The van der Waals surface area contributed by atoms with Crippen molar-refractivity contribution in [2.75, 3.05) is 13.2 Å². The molecule has 1 aliphatic heterocycles. The fourth-order valence-electron chi connectivity index (χ4n) is 1.99. The summed E-state index contributed by atoms with van der Waals surface area (Å²) in [7, 11) is 0. The van der Waals surface area contributed by atoms with Gasteiger partial charge in [-0.1, -0.05) is 32.6 Å². The second-order valence-electron chi connectivity index (χ2n) is 4.63. The van der Waals surface area contributed by atoms with Crippen LogP contribution in [0.4, 0.5) is 0 Å². The average molecular weight is 232 g/mol. The van der Waals surface area contributed by atoms with Crippen molar-refractivity contribution in [2.24, 2.45) is 0 Å². The Morgan fingerprint density at radius 1 is 1.31 bits per heavy atom. The van der Waals surface area contributed by atoms with Gasteiger partial charge in [0, 0.05) is 6.61 Å². The molecule has 0 aromatic heterocycles. The molecule has 2 atom stereocenters. The van der Waals surface area contributed by atoms with E-state index in [2.05, 4.69) is 13.8 Å². The molecule has 0 aromatic rings. The molecule has 16 heavy (non-hydrogen) atoms. The Labute approximate surface area is 99.8 Å². The minimum atomic E-state index is 0. The summed E-state index contributed by atoms with van der Waals surface area (Å²) in [5.74, 6) is 0. The number of hydrogen-bond acceptors (Lipinski definition) is 2.